The number of Topliss-reactive ketones (excluding diaryl/α,β-unsaturated/α-hetero) is 1. The maximum absolute atomic E-state index is 13.2. The normalized spacial score (nSPS) is 16.6. The molecule has 1 saturated heterocycles. The van der Waals surface area contributed by atoms with Crippen LogP contribution in [0.15, 0.2) is 60.7 Å². The Morgan fingerprint density at radius 1 is 0.974 bits per heavy atom. The average Bonchev–Trinajstić information content (AvgIpc) is 3.45. The summed E-state index contributed by atoms with van der Waals surface area (Å²) in [4.78, 5) is 28.2. The predicted molar refractivity (Wildman–Crippen MR) is 141 cm³/mol. The largest absolute Gasteiger partial charge is 0.486 e. The number of likely N-dealkylation sites (tertiary alicyclic amines) is 1. The van der Waals surface area contributed by atoms with Crippen LogP contribution in [0, 0.1) is 5.82 Å². The second kappa shape index (κ2) is 11.5. The standard InChI is InChI=1S/C29H28ClFN2O5/c30-23-15-21(16-25-28(23)38-14-13-37-25)26(34)24(17-33-11-1-2-12-33)32-29(36)27(35)20-5-3-18(4-6-20)19-7-9-22(31)10-8-19/h3-10,15-16,24,26,34H,1-2,11-14,17H2,(H,32,36). The number of aliphatic hydroxyl groups is 1. The van der Waals surface area contributed by atoms with Crippen LogP contribution in [0.5, 0.6) is 11.5 Å². The molecular weight excluding hydrogens is 511 g/mol. The lowest BCUT2D eigenvalue weighted by Gasteiger charge is -2.29. The molecule has 2 aliphatic rings. The number of hydrogen-bond acceptors (Lipinski definition) is 6. The molecule has 1 amide bonds. The zero-order valence-corrected chi connectivity index (χ0v) is 21.4. The van der Waals surface area contributed by atoms with Gasteiger partial charge in [0.05, 0.1) is 11.1 Å². The number of nitrogens with zero attached hydrogens (tertiary/aromatic N) is 1. The van der Waals surface area contributed by atoms with E-state index in [0.29, 0.717) is 41.8 Å². The molecule has 2 N–H and O–H groups in total. The highest BCUT2D eigenvalue weighted by atomic mass is 35.5. The van der Waals surface area contributed by atoms with Gasteiger partial charge in [-0.3, -0.25) is 9.59 Å². The van der Waals surface area contributed by atoms with Crippen LogP contribution in [-0.2, 0) is 4.79 Å². The van der Waals surface area contributed by atoms with E-state index in [4.69, 9.17) is 21.1 Å². The third-order valence-corrected chi connectivity index (χ3v) is 7.12. The lowest BCUT2D eigenvalue weighted by molar-refractivity contribution is -0.118. The van der Waals surface area contributed by atoms with Gasteiger partial charge >= 0.3 is 0 Å². The van der Waals surface area contributed by atoms with Crippen molar-refractivity contribution in [3.05, 3.63) is 82.6 Å². The monoisotopic (exact) mass is 538 g/mol. The third-order valence-electron chi connectivity index (χ3n) is 6.84. The Kier molecular flexibility index (Phi) is 7.93. The number of ether oxygens (including phenoxy) is 2. The van der Waals surface area contributed by atoms with Gasteiger partial charge in [-0.05, 0) is 66.9 Å². The smallest absolute Gasteiger partial charge is 0.292 e. The van der Waals surface area contributed by atoms with E-state index >= 15 is 0 Å². The Morgan fingerprint density at radius 3 is 2.29 bits per heavy atom. The van der Waals surface area contributed by atoms with E-state index in [1.807, 2.05) is 0 Å². The Bertz CT molecular complexity index is 1310. The summed E-state index contributed by atoms with van der Waals surface area (Å²) < 4.78 is 24.4. The number of amides is 1. The first-order chi connectivity index (χ1) is 18.4. The SMILES string of the molecule is O=C(NC(CN1CCCC1)C(O)c1cc(Cl)c2c(c1)OCCO2)C(=O)c1ccc(-c2ccc(F)cc2)cc1. The molecule has 0 aliphatic carbocycles. The average molecular weight is 539 g/mol. The number of rotatable bonds is 8. The number of fused-ring (bicyclic) bond motifs is 1. The van der Waals surface area contributed by atoms with Crippen LogP contribution in [-0.4, -0.2) is 60.6 Å². The number of benzene rings is 3. The maximum atomic E-state index is 13.2. The molecule has 2 heterocycles. The van der Waals surface area contributed by atoms with Gasteiger partial charge in [0.25, 0.3) is 5.91 Å². The van der Waals surface area contributed by atoms with Gasteiger partial charge in [0.15, 0.2) is 11.5 Å². The first-order valence-electron chi connectivity index (χ1n) is 12.6. The summed E-state index contributed by atoms with van der Waals surface area (Å²) in [5.74, 6) is -1.00. The topological polar surface area (TPSA) is 88.1 Å². The summed E-state index contributed by atoms with van der Waals surface area (Å²) in [6.45, 7) is 2.82. The zero-order valence-electron chi connectivity index (χ0n) is 20.7. The molecule has 0 radical (unpaired) electrons. The zero-order chi connectivity index (χ0) is 26.6. The lowest BCUT2D eigenvalue weighted by Crippen LogP contribution is -2.48. The fourth-order valence-corrected chi connectivity index (χ4v) is 5.10. The fraction of sp³-hybridized carbons (Fsp3) is 0.310. The summed E-state index contributed by atoms with van der Waals surface area (Å²) >= 11 is 6.38. The van der Waals surface area contributed by atoms with Crippen LogP contribution in [0.25, 0.3) is 11.1 Å². The van der Waals surface area contributed by atoms with Gasteiger partial charge in [-0.25, -0.2) is 4.39 Å². The molecule has 198 valence electrons. The van der Waals surface area contributed by atoms with Crippen LogP contribution in [0.4, 0.5) is 4.39 Å². The highest BCUT2D eigenvalue weighted by Crippen LogP contribution is 2.40. The van der Waals surface area contributed by atoms with Crippen LogP contribution < -0.4 is 14.8 Å². The minimum Gasteiger partial charge on any atom is -0.486 e. The van der Waals surface area contributed by atoms with E-state index in [2.05, 4.69) is 10.2 Å². The molecule has 5 rings (SSSR count). The molecule has 2 aliphatic heterocycles. The van der Waals surface area contributed by atoms with Crippen molar-refractivity contribution >= 4 is 23.3 Å². The summed E-state index contributed by atoms with van der Waals surface area (Å²) in [7, 11) is 0. The van der Waals surface area contributed by atoms with Crippen molar-refractivity contribution in [1.82, 2.24) is 10.2 Å². The van der Waals surface area contributed by atoms with Crippen LogP contribution in [0.3, 0.4) is 0 Å². The number of ketones is 1. The van der Waals surface area contributed by atoms with Crippen molar-refractivity contribution in [2.45, 2.75) is 25.0 Å². The highest BCUT2D eigenvalue weighted by molar-refractivity contribution is 6.42. The van der Waals surface area contributed by atoms with E-state index in [-0.39, 0.29) is 11.4 Å². The first kappa shape index (κ1) is 26.2. The molecule has 1 fully saturated rings. The minimum atomic E-state index is -1.14. The number of halogens is 2. The van der Waals surface area contributed by atoms with Crippen LogP contribution in [0.2, 0.25) is 5.02 Å². The van der Waals surface area contributed by atoms with E-state index in [9.17, 15) is 19.1 Å². The fourth-order valence-electron chi connectivity index (χ4n) is 4.82. The van der Waals surface area contributed by atoms with Crippen molar-refractivity contribution in [1.29, 1.82) is 0 Å². The molecular formula is C29H28ClFN2O5. The highest BCUT2D eigenvalue weighted by Gasteiger charge is 2.30. The van der Waals surface area contributed by atoms with Crippen molar-refractivity contribution in [2.24, 2.45) is 0 Å². The number of hydrogen-bond donors (Lipinski definition) is 2. The Labute approximate surface area is 225 Å². The Hall–Kier alpha value is -3.46. The number of nitrogens with one attached hydrogen (secondary N) is 1. The molecule has 38 heavy (non-hydrogen) atoms. The number of carbonyl (C=O) groups excluding carboxylic acids is 2. The Balaban J connectivity index is 1.33. The van der Waals surface area contributed by atoms with Gasteiger partial charge in [-0.2, -0.15) is 0 Å². The molecule has 0 aromatic heterocycles. The van der Waals surface area contributed by atoms with Crippen LogP contribution >= 0.6 is 11.6 Å². The molecule has 3 aromatic carbocycles. The second-order valence-electron chi connectivity index (χ2n) is 9.47. The number of aliphatic hydroxyl groups excluding tert-OH is 1. The summed E-state index contributed by atoms with van der Waals surface area (Å²) in [6, 6.07) is 15.1. The maximum Gasteiger partial charge on any atom is 0.292 e. The molecule has 2 unspecified atom stereocenters. The second-order valence-corrected chi connectivity index (χ2v) is 9.88. The van der Waals surface area contributed by atoms with Gasteiger partial charge in [0.2, 0.25) is 5.78 Å². The molecule has 0 saturated carbocycles. The van der Waals surface area contributed by atoms with E-state index in [1.165, 1.54) is 12.1 Å². The molecule has 7 nitrogen and oxygen atoms in total. The minimum absolute atomic E-state index is 0.213. The van der Waals surface area contributed by atoms with Crippen molar-refractivity contribution < 1.29 is 28.6 Å². The van der Waals surface area contributed by atoms with Gasteiger partial charge in [-0.15, -0.1) is 0 Å². The predicted octanol–water partition coefficient (Wildman–Crippen LogP) is 4.41. The molecule has 3 aromatic rings. The number of carbonyl (C=O) groups is 2. The molecule has 0 bridgehead atoms. The molecule has 2 atom stereocenters. The lowest BCUT2D eigenvalue weighted by atomic mass is 9.99. The van der Waals surface area contributed by atoms with Gasteiger partial charge in [-0.1, -0.05) is 48.0 Å². The third kappa shape index (κ3) is 5.83. The molecule has 9 heteroatoms. The van der Waals surface area contributed by atoms with Gasteiger partial charge < -0.3 is 24.8 Å². The van der Waals surface area contributed by atoms with E-state index in [1.54, 1.807) is 48.5 Å². The summed E-state index contributed by atoms with van der Waals surface area (Å²) in [5, 5.41) is 14.4. The van der Waals surface area contributed by atoms with E-state index in [0.717, 1.165) is 37.1 Å². The van der Waals surface area contributed by atoms with Crippen molar-refractivity contribution in [2.75, 3.05) is 32.8 Å². The quantitative estimate of drug-likeness (QED) is 0.326. The van der Waals surface area contributed by atoms with Crippen molar-refractivity contribution in [3.8, 4) is 22.6 Å². The summed E-state index contributed by atoms with van der Waals surface area (Å²) in [5.41, 5.74) is 2.26. The first-order valence-corrected chi connectivity index (χ1v) is 13.0. The van der Waals surface area contributed by atoms with Gasteiger partial charge in [0, 0.05) is 12.1 Å². The van der Waals surface area contributed by atoms with Crippen LogP contribution in [0.1, 0.15) is 34.9 Å². The van der Waals surface area contributed by atoms with Gasteiger partial charge in [0.1, 0.15) is 25.1 Å². The molecule has 0 spiro atoms. The summed E-state index contributed by atoms with van der Waals surface area (Å²) in [6.07, 6.45) is 0.930. The Morgan fingerprint density at radius 2 is 1.61 bits per heavy atom. The van der Waals surface area contributed by atoms with E-state index < -0.39 is 23.8 Å². The van der Waals surface area contributed by atoms with Crippen molar-refractivity contribution in [3.63, 3.8) is 0 Å².